The first-order valence-corrected chi connectivity index (χ1v) is 8.44. The summed E-state index contributed by atoms with van der Waals surface area (Å²) in [6.45, 7) is 4.16. The lowest BCUT2D eigenvalue weighted by Gasteiger charge is -2.22. The van der Waals surface area contributed by atoms with Crippen molar-refractivity contribution in [3.8, 4) is 0 Å². The van der Waals surface area contributed by atoms with E-state index >= 15 is 0 Å². The normalized spacial score (nSPS) is 13.9. The summed E-state index contributed by atoms with van der Waals surface area (Å²) in [5.74, 6) is -0.361. The molecule has 2 heterocycles. The first kappa shape index (κ1) is 16.2. The summed E-state index contributed by atoms with van der Waals surface area (Å²) in [5, 5.41) is 6.32. The van der Waals surface area contributed by atoms with E-state index in [2.05, 4.69) is 21.0 Å². The average Bonchev–Trinajstić information content (AvgIpc) is 3.09. The third-order valence-electron chi connectivity index (χ3n) is 3.15. The Bertz CT molecular complexity index is 611. The molecule has 0 aliphatic rings. The molecule has 0 aromatic carbocycles. The molecule has 0 fully saturated rings. The molecule has 0 spiro atoms. The van der Waals surface area contributed by atoms with Gasteiger partial charge in [0.2, 0.25) is 0 Å². The van der Waals surface area contributed by atoms with Gasteiger partial charge in [-0.05, 0) is 35.3 Å². The van der Waals surface area contributed by atoms with Crippen LogP contribution in [0.3, 0.4) is 0 Å². The summed E-state index contributed by atoms with van der Waals surface area (Å²) in [7, 11) is 0. The van der Waals surface area contributed by atoms with E-state index in [1.54, 1.807) is 29.1 Å². The highest BCUT2D eigenvalue weighted by atomic mass is 79.9. The van der Waals surface area contributed by atoms with Gasteiger partial charge in [0.15, 0.2) is 0 Å². The van der Waals surface area contributed by atoms with Crippen molar-refractivity contribution in [1.82, 2.24) is 9.78 Å². The first-order chi connectivity index (χ1) is 10.1. The maximum absolute atomic E-state index is 11.7. The van der Waals surface area contributed by atoms with Gasteiger partial charge in [-0.1, -0.05) is 6.92 Å². The molecule has 2 atom stereocenters. The van der Waals surface area contributed by atoms with Gasteiger partial charge in [-0.25, -0.2) is 4.79 Å². The van der Waals surface area contributed by atoms with Crippen LogP contribution >= 0.6 is 27.3 Å². The van der Waals surface area contributed by atoms with E-state index in [1.807, 2.05) is 18.4 Å². The van der Waals surface area contributed by atoms with Crippen molar-refractivity contribution in [3.05, 3.63) is 38.8 Å². The zero-order valence-corrected chi connectivity index (χ0v) is 14.4. The van der Waals surface area contributed by atoms with Gasteiger partial charge in [-0.2, -0.15) is 5.10 Å². The van der Waals surface area contributed by atoms with E-state index in [-0.39, 0.29) is 18.1 Å². The van der Waals surface area contributed by atoms with Gasteiger partial charge in [0.1, 0.15) is 6.04 Å². The molecule has 7 heteroatoms. The lowest BCUT2D eigenvalue weighted by molar-refractivity contribution is 0.0526. The van der Waals surface area contributed by atoms with E-state index in [0.29, 0.717) is 12.2 Å². The average molecular weight is 372 g/mol. The fourth-order valence-corrected chi connectivity index (χ4v) is 3.67. The standard InChI is InChI=1S/C14H18BrN3O2S/c1-3-11(16)13(12-5-10(15)8-21-12)18-7-9(6-17-18)14(19)20-4-2/h5-8,11,13H,3-4,16H2,1-2H3. The molecule has 0 aliphatic carbocycles. The number of nitrogens with zero attached hydrogens (tertiary/aromatic N) is 2. The van der Waals surface area contributed by atoms with Crippen molar-refractivity contribution in [2.75, 3.05) is 6.61 Å². The third-order valence-corrected chi connectivity index (χ3v) is 4.92. The lowest BCUT2D eigenvalue weighted by Crippen LogP contribution is -2.32. The fourth-order valence-electron chi connectivity index (χ4n) is 2.05. The molecule has 0 saturated heterocycles. The number of hydrogen-bond acceptors (Lipinski definition) is 5. The quantitative estimate of drug-likeness (QED) is 0.791. The summed E-state index contributed by atoms with van der Waals surface area (Å²) in [4.78, 5) is 12.9. The molecule has 0 aliphatic heterocycles. The molecule has 21 heavy (non-hydrogen) atoms. The molecule has 0 saturated carbocycles. The van der Waals surface area contributed by atoms with Gasteiger partial charge >= 0.3 is 5.97 Å². The maximum Gasteiger partial charge on any atom is 0.341 e. The topological polar surface area (TPSA) is 70.1 Å². The predicted molar refractivity (Wildman–Crippen MR) is 86.6 cm³/mol. The van der Waals surface area contributed by atoms with Crippen molar-refractivity contribution in [2.24, 2.45) is 5.73 Å². The minimum atomic E-state index is -0.361. The smallest absolute Gasteiger partial charge is 0.341 e. The van der Waals surface area contributed by atoms with Gasteiger partial charge in [0.05, 0.1) is 18.4 Å². The Labute approximate surface area is 136 Å². The van der Waals surface area contributed by atoms with Gasteiger partial charge in [0, 0.05) is 27.0 Å². The van der Waals surface area contributed by atoms with Crippen LogP contribution in [0.5, 0.6) is 0 Å². The van der Waals surface area contributed by atoms with Crippen LogP contribution < -0.4 is 5.73 Å². The number of ether oxygens (including phenoxy) is 1. The number of aromatic nitrogens is 2. The van der Waals surface area contributed by atoms with Gasteiger partial charge < -0.3 is 10.5 Å². The number of halogens is 1. The Morgan fingerprint density at radius 3 is 2.90 bits per heavy atom. The van der Waals surface area contributed by atoms with Crippen LogP contribution in [0.4, 0.5) is 0 Å². The highest BCUT2D eigenvalue weighted by molar-refractivity contribution is 9.10. The highest BCUT2D eigenvalue weighted by Gasteiger charge is 2.24. The number of carbonyl (C=O) groups excluding carboxylic acids is 1. The number of rotatable bonds is 6. The Morgan fingerprint density at radius 1 is 1.57 bits per heavy atom. The second-order valence-electron chi connectivity index (χ2n) is 4.61. The van der Waals surface area contributed by atoms with Crippen LogP contribution in [-0.2, 0) is 4.74 Å². The summed E-state index contributed by atoms with van der Waals surface area (Å²) in [6.07, 6.45) is 4.04. The van der Waals surface area contributed by atoms with Crippen molar-refractivity contribution in [1.29, 1.82) is 0 Å². The number of esters is 1. The molecular weight excluding hydrogens is 354 g/mol. The van der Waals surface area contributed by atoms with Crippen LogP contribution in [0.2, 0.25) is 0 Å². The molecule has 2 aromatic rings. The van der Waals surface area contributed by atoms with E-state index in [1.165, 1.54) is 6.20 Å². The highest BCUT2D eigenvalue weighted by Crippen LogP contribution is 2.30. The van der Waals surface area contributed by atoms with E-state index < -0.39 is 0 Å². The molecule has 2 aromatic heterocycles. The monoisotopic (exact) mass is 371 g/mol. The third kappa shape index (κ3) is 3.72. The van der Waals surface area contributed by atoms with Crippen LogP contribution in [0.25, 0.3) is 0 Å². The van der Waals surface area contributed by atoms with Gasteiger partial charge in [0.25, 0.3) is 0 Å². The molecule has 0 bridgehead atoms. The molecule has 2 unspecified atom stereocenters. The fraction of sp³-hybridized carbons (Fsp3) is 0.429. The van der Waals surface area contributed by atoms with Crippen LogP contribution in [0, 0.1) is 0 Å². The van der Waals surface area contributed by atoms with Crippen LogP contribution in [0.1, 0.15) is 41.5 Å². The Morgan fingerprint density at radius 2 is 2.33 bits per heavy atom. The molecule has 0 amide bonds. The summed E-state index contributed by atoms with van der Waals surface area (Å²) >= 11 is 5.08. The van der Waals surface area contributed by atoms with Gasteiger partial charge in [-0.15, -0.1) is 11.3 Å². The van der Waals surface area contributed by atoms with Crippen molar-refractivity contribution < 1.29 is 9.53 Å². The SMILES string of the molecule is CCOC(=O)c1cnn(C(c2cc(Br)cs2)C(N)CC)c1. The second-order valence-corrected chi connectivity index (χ2v) is 6.47. The predicted octanol–water partition coefficient (Wildman–Crippen LogP) is 3.21. The number of thiophene rings is 1. The summed E-state index contributed by atoms with van der Waals surface area (Å²) in [6, 6.07) is 1.87. The molecule has 2 N–H and O–H groups in total. The Hall–Kier alpha value is -1.18. The largest absolute Gasteiger partial charge is 0.462 e. The molecular formula is C14H18BrN3O2S. The van der Waals surface area contributed by atoms with Gasteiger partial charge in [-0.3, -0.25) is 4.68 Å². The Balaban J connectivity index is 2.32. The number of nitrogens with two attached hydrogens (primary N) is 1. The lowest BCUT2D eigenvalue weighted by atomic mass is 10.1. The second kappa shape index (κ2) is 7.20. The van der Waals surface area contributed by atoms with E-state index in [4.69, 9.17) is 10.5 Å². The Kier molecular flexibility index (Phi) is 5.55. The van der Waals surface area contributed by atoms with E-state index in [0.717, 1.165) is 15.8 Å². The maximum atomic E-state index is 11.7. The molecule has 0 radical (unpaired) electrons. The molecule has 2 rings (SSSR count). The molecule has 5 nitrogen and oxygen atoms in total. The number of carbonyl (C=O) groups is 1. The van der Waals surface area contributed by atoms with Crippen molar-refractivity contribution >= 4 is 33.2 Å². The molecule has 114 valence electrons. The van der Waals surface area contributed by atoms with Crippen molar-refractivity contribution in [2.45, 2.75) is 32.4 Å². The first-order valence-electron chi connectivity index (χ1n) is 6.77. The van der Waals surface area contributed by atoms with Crippen LogP contribution in [-0.4, -0.2) is 28.4 Å². The zero-order chi connectivity index (χ0) is 15.4. The van der Waals surface area contributed by atoms with Crippen molar-refractivity contribution in [3.63, 3.8) is 0 Å². The minimum absolute atomic E-state index is 0.0782. The number of hydrogen-bond donors (Lipinski definition) is 1. The van der Waals surface area contributed by atoms with E-state index in [9.17, 15) is 4.79 Å². The van der Waals surface area contributed by atoms with Crippen LogP contribution in [0.15, 0.2) is 28.3 Å². The zero-order valence-electron chi connectivity index (χ0n) is 12.0. The minimum Gasteiger partial charge on any atom is -0.462 e. The summed E-state index contributed by atoms with van der Waals surface area (Å²) < 4.78 is 7.76. The summed E-state index contributed by atoms with van der Waals surface area (Å²) in [5.41, 5.74) is 6.69.